The number of imide groups is 1. The molecule has 0 saturated carbocycles. The molecular weight excluding hydrogens is 478 g/mol. The fourth-order valence-electron chi connectivity index (χ4n) is 4.94. The third-order valence-corrected chi connectivity index (χ3v) is 8.81. The second-order valence-corrected chi connectivity index (χ2v) is 11.5. The summed E-state index contributed by atoms with van der Waals surface area (Å²) in [6.45, 7) is 3.23. The van der Waals surface area contributed by atoms with Crippen LogP contribution in [0.5, 0.6) is 0 Å². The molecule has 2 amide bonds. The number of carbonyl (C=O) groups excluding carboxylic acids is 2. The summed E-state index contributed by atoms with van der Waals surface area (Å²) in [6.07, 6.45) is 1.15. The van der Waals surface area contributed by atoms with E-state index in [0.717, 1.165) is 28.3 Å². The second-order valence-electron chi connectivity index (χ2n) is 9.37. The molecule has 5 rings (SSSR count). The van der Waals surface area contributed by atoms with Crippen molar-refractivity contribution < 1.29 is 18.0 Å². The number of benzene rings is 2. The molecule has 2 aliphatic heterocycles. The zero-order valence-corrected chi connectivity index (χ0v) is 21.1. The minimum Gasteiger partial charge on any atom is -0.322 e. The van der Waals surface area contributed by atoms with E-state index >= 15 is 0 Å². The lowest BCUT2D eigenvalue weighted by Gasteiger charge is -2.34. The predicted molar refractivity (Wildman–Crippen MR) is 136 cm³/mol. The molecule has 36 heavy (non-hydrogen) atoms. The highest BCUT2D eigenvalue weighted by atomic mass is 32.2. The summed E-state index contributed by atoms with van der Waals surface area (Å²) in [5.74, 6) is 0.185. The van der Waals surface area contributed by atoms with Gasteiger partial charge >= 0.3 is 0 Å². The fourth-order valence-corrected chi connectivity index (χ4v) is 6.33. The molecule has 2 aromatic carbocycles. The Hall–Kier alpha value is -3.08. The lowest BCUT2D eigenvalue weighted by molar-refractivity contribution is -0.147. The fraction of sp³-hybridized carbons (Fsp3) is 0.423. The number of sulfonamides is 1. The molecule has 0 spiro atoms. The SMILES string of the molecule is O=C1CCCC(=O)N1CCS(=O)(=O)N1CCN(Cc2nc3ccccc3n2Cc2ccccc2)CC1. The Morgan fingerprint density at radius 1 is 0.806 bits per heavy atom. The molecule has 2 saturated heterocycles. The molecule has 2 aliphatic rings. The number of imidazole rings is 1. The zero-order valence-electron chi connectivity index (χ0n) is 20.3. The third kappa shape index (κ3) is 5.35. The number of piperazine rings is 1. The van der Waals surface area contributed by atoms with Crippen LogP contribution in [0.4, 0.5) is 0 Å². The maximum absolute atomic E-state index is 12.9. The number of para-hydroxylation sites is 2. The Labute approximate surface area is 211 Å². The maximum Gasteiger partial charge on any atom is 0.229 e. The third-order valence-electron chi connectivity index (χ3n) is 6.96. The number of hydrogen-bond acceptors (Lipinski definition) is 6. The van der Waals surface area contributed by atoms with Crippen molar-refractivity contribution in [1.82, 2.24) is 23.7 Å². The van der Waals surface area contributed by atoms with Crippen molar-refractivity contribution in [3.8, 4) is 0 Å². The summed E-state index contributed by atoms with van der Waals surface area (Å²) in [6, 6.07) is 18.4. The van der Waals surface area contributed by atoms with Crippen LogP contribution in [0.25, 0.3) is 11.0 Å². The monoisotopic (exact) mass is 509 g/mol. The molecule has 2 fully saturated rings. The van der Waals surface area contributed by atoms with Gasteiger partial charge in [-0.05, 0) is 24.1 Å². The van der Waals surface area contributed by atoms with Gasteiger partial charge in [-0.1, -0.05) is 42.5 Å². The molecule has 0 aliphatic carbocycles. The number of amides is 2. The average molecular weight is 510 g/mol. The number of hydrogen-bond donors (Lipinski definition) is 0. The molecule has 10 heteroatoms. The van der Waals surface area contributed by atoms with E-state index in [1.54, 1.807) is 0 Å². The van der Waals surface area contributed by atoms with Crippen molar-refractivity contribution in [2.45, 2.75) is 32.4 Å². The highest BCUT2D eigenvalue weighted by Gasteiger charge is 2.31. The van der Waals surface area contributed by atoms with Crippen molar-refractivity contribution in [2.24, 2.45) is 0 Å². The van der Waals surface area contributed by atoms with Gasteiger partial charge in [0.25, 0.3) is 0 Å². The van der Waals surface area contributed by atoms with Crippen LogP contribution >= 0.6 is 0 Å². The number of rotatable bonds is 8. The smallest absolute Gasteiger partial charge is 0.229 e. The van der Waals surface area contributed by atoms with E-state index in [1.807, 2.05) is 36.4 Å². The van der Waals surface area contributed by atoms with Gasteiger partial charge in [0.1, 0.15) is 5.82 Å². The van der Waals surface area contributed by atoms with Crippen LogP contribution < -0.4 is 0 Å². The van der Waals surface area contributed by atoms with Crippen molar-refractivity contribution in [1.29, 1.82) is 0 Å². The Balaban J connectivity index is 1.22. The van der Waals surface area contributed by atoms with E-state index in [2.05, 4.69) is 27.7 Å². The van der Waals surface area contributed by atoms with E-state index < -0.39 is 10.0 Å². The summed E-state index contributed by atoms with van der Waals surface area (Å²) in [4.78, 5) is 32.2. The molecule has 9 nitrogen and oxygen atoms in total. The standard InChI is InChI=1S/C26H31N5O4S/c32-25-11-6-12-26(33)30(25)17-18-36(34,35)29-15-13-28(14-16-29)20-24-27-22-9-4-5-10-23(22)31(24)19-21-7-2-1-3-8-21/h1-5,7-10H,6,11-20H2. The van der Waals surface area contributed by atoms with Gasteiger partial charge in [0.15, 0.2) is 0 Å². The molecule has 0 radical (unpaired) electrons. The predicted octanol–water partition coefficient (Wildman–Crippen LogP) is 2.07. The lowest BCUT2D eigenvalue weighted by Crippen LogP contribution is -2.50. The lowest BCUT2D eigenvalue weighted by atomic mass is 10.1. The number of likely N-dealkylation sites (tertiary alicyclic amines) is 1. The van der Waals surface area contributed by atoms with Crippen LogP contribution in [0.15, 0.2) is 54.6 Å². The summed E-state index contributed by atoms with van der Waals surface area (Å²) in [7, 11) is -3.56. The highest BCUT2D eigenvalue weighted by molar-refractivity contribution is 7.89. The molecular formula is C26H31N5O4S. The van der Waals surface area contributed by atoms with Crippen molar-refractivity contribution in [3.63, 3.8) is 0 Å². The molecule has 3 aromatic rings. The minimum absolute atomic E-state index is 0.0657. The van der Waals surface area contributed by atoms with Crippen LogP contribution in [-0.4, -0.2) is 82.4 Å². The summed E-state index contributed by atoms with van der Waals surface area (Å²) in [5.41, 5.74) is 3.23. The van der Waals surface area contributed by atoms with Crippen LogP contribution in [-0.2, 0) is 32.7 Å². The van der Waals surface area contributed by atoms with E-state index in [4.69, 9.17) is 4.98 Å². The molecule has 190 valence electrons. The largest absolute Gasteiger partial charge is 0.322 e. The number of nitrogens with zero attached hydrogens (tertiary/aromatic N) is 5. The number of piperidine rings is 1. The minimum atomic E-state index is -3.56. The van der Waals surface area contributed by atoms with Crippen LogP contribution in [0.2, 0.25) is 0 Å². The normalized spacial score (nSPS) is 18.3. The van der Waals surface area contributed by atoms with Crippen LogP contribution in [0.3, 0.4) is 0 Å². The van der Waals surface area contributed by atoms with Crippen LogP contribution in [0.1, 0.15) is 30.7 Å². The Morgan fingerprint density at radius 2 is 1.47 bits per heavy atom. The molecule has 0 N–H and O–H groups in total. The average Bonchev–Trinajstić information content (AvgIpc) is 3.21. The quantitative estimate of drug-likeness (QED) is 0.432. The summed E-state index contributed by atoms with van der Waals surface area (Å²) < 4.78 is 29.6. The van der Waals surface area contributed by atoms with E-state index in [9.17, 15) is 18.0 Å². The van der Waals surface area contributed by atoms with Gasteiger partial charge in [-0.15, -0.1) is 0 Å². The molecule has 0 unspecified atom stereocenters. The van der Waals surface area contributed by atoms with Gasteiger partial charge in [0.05, 0.1) is 23.3 Å². The van der Waals surface area contributed by atoms with E-state index in [-0.39, 0.29) is 24.1 Å². The van der Waals surface area contributed by atoms with Gasteiger partial charge in [-0.2, -0.15) is 4.31 Å². The maximum atomic E-state index is 12.9. The van der Waals surface area contributed by atoms with Gasteiger partial charge in [-0.25, -0.2) is 13.4 Å². The first-order valence-corrected chi connectivity index (χ1v) is 14.0. The first-order chi connectivity index (χ1) is 17.4. The molecule has 0 bridgehead atoms. The van der Waals surface area contributed by atoms with Gasteiger partial charge in [0.2, 0.25) is 21.8 Å². The number of aromatic nitrogens is 2. The van der Waals surface area contributed by atoms with Crippen molar-refractivity contribution in [2.75, 3.05) is 38.5 Å². The molecule has 3 heterocycles. The number of fused-ring (bicyclic) bond motifs is 1. The first kappa shape index (κ1) is 24.6. The zero-order chi connectivity index (χ0) is 25.1. The second kappa shape index (κ2) is 10.5. The van der Waals surface area contributed by atoms with Crippen molar-refractivity contribution in [3.05, 3.63) is 66.0 Å². The van der Waals surface area contributed by atoms with Gasteiger partial charge in [0, 0.05) is 52.1 Å². The molecule has 0 atom stereocenters. The van der Waals surface area contributed by atoms with Crippen LogP contribution in [0, 0.1) is 0 Å². The first-order valence-electron chi connectivity index (χ1n) is 12.4. The van der Waals surface area contributed by atoms with Crippen molar-refractivity contribution >= 4 is 32.9 Å². The highest BCUT2D eigenvalue weighted by Crippen LogP contribution is 2.20. The Bertz CT molecular complexity index is 1330. The summed E-state index contributed by atoms with van der Waals surface area (Å²) in [5, 5.41) is 0. The van der Waals surface area contributed by atoms with Gasteiger partial charge < -0.3 is 4.57 Å². The molecule has 1 aromatic heterocycles. The Morgan fingerprint density at radius 3 is 2.19 bits per heavy atom. The van der Waals surface area contributed by atoms with E-state index in [1.165, 1.54) is 9.87 Å². The number of carbonyl (C=O) groups is 2. The van der Waals surface area contributed by atoms with E-state index in [0.29, 0.717) is 52.0 Å². The Kier molecular flexibility index (Phi) is 7.17. The van der Waals surface area contributed by atoms with Gasteiger partial charge in [-0.3, -0.25) is 19.4 Å². The topological polar surface area (TPSA) is 95.8 Å². The summed E-state index contributed by atoms with van der Waals surface area (Å²) >= 11 is 0.